The van der Waals surface area contributed by atoms with Crippen molar-refractivity contribution in [1.29, 1.82) is 0 Å². The maximum absolute atomic E-state index is 6.66. The van der Waals surface area contributed by atoms with E-state index in [9.17, 15) is 0 Å². The Bertz CT molecular complexity index is 3420. The van der Waals surface area contributed by atoms with Crippen LogP contribution in [0.25, 0.3) is 60.6 Å². The number of ether oxygens (including phenoxy) is 1. The first-order valence-electron chi connectivity index (χ1n) is 21.7. The van der Waals surface area contributed by atoms with Crippen molar-refractivity contribution in [3.8, 4) is 28.4 Å². The van der Waals surface area contributed by atoms with Crippen LogP contribution in [0.3, 0.4) is 0 Å². The monoisotopic (exact) mass is 1010 g/mol. The van der Waals surface area contributed by atoms with E-state index >= 15 is 0 Å². The maximum Gasteiger partial charge on any atom is 0.135 e. The van der Waals surface area contributed by atoms with Gasteiger partial charge in [0.1, 0.15) is 5.82 Å². The number of anilines is 4. The first-order valence-corrected chi connectivity index (χ1v) is 21.7. The van der Waals surface area contributed by atoms with Crippen LogP contribution in [0.1, 0.15) is 52.7 Å². The van der Waals surface area contributed by atoms with E-state index in [1.807, 2.05) is 24.4 Å². The number of hydrogen-bond acceptors (Lipinski definition) is 4. The third-order valence-electron chi connectivity index (χ3n) is 12.6. The molecule has 64 heavy (non-hydrogen) atoms. The number of hydrogen-bond donors (Lipinski definition) is 0. The SMILES string of the molecule is Cn1c2ccccc2c2cccc(-c3ccc(C(C)(C)C)cc3N3[CH-]N(c4[c-]c(Oc5[c-]c6c(cc5)c5ccccc5n6-c5cc(C(C)(C)C)ccn5)ccc4)c4ccccc43)c21.[Pt]. The van der Waals surface area contributed by atoms with Gasteiger partial charge >= 0.3 is 0 Å². The number of nitrogens with zero attached hydrogens (tertiary/aromatic N) is 5. The molecule has 0 amide bonds. The summed E-state index contributed by atoms with van der Waals surface area (Å²) in [5.74, 6) is 2.06. The van der Waals surface area contributed by atoms with Crippen molar-refractivity contribution in [2.24, 2.45) is 7.05 Å². The minimum atomic E-state index is -0.0569. The molecule has 0 saturated carbocycles. The number of fused-ring (bicyclic) bond motifs is 7. The van der Waals surface area contributed by atoms with Gasteiger partial charge in [0.15, 0.2) is 0 Å². The number of aromatic nitrogens is 3. The summed E-state index contributed by atoms with van der Waals surface area (Å²) in [6, 6.07) is 61.2. The molecule has 0 N–H and O–H groups in total. The predicted octanol–water partition coefficient (Wildman–Crippen LogP) is 14.9. The average Bonchev–Trinajstić information content (AvgIpc) is 3.93. The van der Waals surface area contributed by atoms with Gasteiger partial charge in [0.05, 0.1) is 5.52 Å². The van der Waals surface area contributed by atoms with E-state index in [-0.39, 0.29) is 31.9 Å². The van der Waals surface area contributed by atoms with E-state index in [1.54, 1.807) is 0 Å². The van der Waals surface area contributed by atoms with Gasteiger partial charge in [-0.05, 0) is 69.8 Å². The second-order valence-electron chi connectivity index (χ2n) is 18.7. The minimum Gasteiger partial charge on any atom is -0.509 e. The van der Waals surface area contributed by atoms with Gasteiger partial charge in [-0.1, -0.05) is 126 Å². The molecule has 11 rings (SSSR count). The molecule has 1 aliphatic heterocycles. The normalized spacial score (nSPS) is 13.0. The van der Waals surface area contributed by atoms with Crippen molar-refractivity contribution in [2.75, 3.05) is 9.80 Å². The molecule has 0 unspecified atom stereocenters. The van der Waals surface area contributed by atoms with Gasteiger partial charge in [0, 0.05) is 95.8 Å². The predicted molar refractivity (Wildman–Crippen MR) is 261 cm³/mol. The van der Waals surface area contributed by atoms with Crippen molar-refractivity contribution in [3.63, 3.8) is 0 Å². The molecule has 0 atom stereocenters. The summed E-state index contributed by atoms with van der Waals surface area (Å²) in [6.45, 7) is 15.7. The largest absolute Gasteiger partial charge is 0.509 e. The summed E-state index contributed by atoms with van der Waals surface area (Å²) >= 11 is 0. The van der Waals surface area contributed by atoms with Crippen LogP contribution >= 0.6 is 0 Å². The Balaban J connectivity index is 0.00000484. The first kappa shape index (κ1) is 41.4. The molecule has 10 aromatic rings. The van der Waals surface area contributed by atoms with Crippen molar-refractivity contribution in [3.05, 3.63) is 188 Å². The molecule has 0 fully saturated rings. The molecule has 3 aromatic heterocycles. The quantitative estimate of drug-likeness (QED) is 0.156. The molecular weight excluding hydrogens is 966 g/mol. The van der Waals surface area contributed by atoms with E-state index in [0.29, 0.717) is 11.5 Å². The summed E-state index contributed by atoms with van der Waals surface area (Å²) < 4.78 is 11.2. The van der Waals surface area contributed by atoms with Gasteiger partial charge in [-0.15, -0.1) is 48.1 Å². The number of para-hydroxylation sites is 5. The smallest absolute Gasteiger partial charge is 0.135 e. The molecule has 4 heterocycles. The van der Waals surface area contributed by atoms with Crippen molar-refractivity contribution in [2.45, 2.75) is 52.4 Å². The van der Waals surface area contributed by atoms with E-state index in [2.05, 4.69) is 220 Å². The van der Waals surface area contributed by atoms with Gasteiger partial charge in [0.25, 0.3) is 0 Å². The Morgan fingerprint density at radius 3 is 1.94 bits per heavy atom. The Morgan fingerprint density at radius 1 is 0.531 bits per heavy atom. The number of pyridine rings is 1. The Kier molecular flexibility index (Phi) is 10.1. The molecule has 7 aromatic carbocycles. The Hall–Kier alpha value is -6.62. The van der Waals surface area contributed by atoms with Crippen LogP contribution in [0, 0.1) is 18.8 Å². The van der Waals surface area contributed by atoms with E-state index < -0.39 is 0 Å². The standard InChI is InChI=1S/C57H48N5O.Pt/c1-56(2,3)37-26-28-45(47-21-15-20-46-43-19-8-10-22-48(43)59(7)55(46)47)52(32-37)61-36-60(50-24-12-13-25-51(50)61)39-16-14-17-40(34-39)63-41-27-29-44-42-18-9-11-23-49(42)62(53(44)35-41)54-33-38(30-31-58-54)57(4,5)6;/h8-33,36H,1-7H3;/q-3;. The van der Waals surface area contributed by atoms with Crippen LogP contribution < -0.4 is 14.5 Å². The number of rotatable bonds is 6. The van der Waals surface area contributed by atoms with Gasteiger partial charge < -0.3 is 23.7 Å². The summed E-state index contributed by atoms with van der Waals surface area (Å²) in [4.78, 5) is 9.41. The molecule has 7 heteroatoms. The minimum absolute atomic E-state index is 0. The van der Waals surface area contributed by atoms with Crippen LogP contribution in [0.2, 0.25) is 0 Å². The molecule has 0 bridgehead atoms. The van der Waals surface area contributed by atoms with Crippen LogP contribution in [-0.2, 0) is 38.9 Å². The second-order valence-corrected chi connectivity index (χ2v) is 18.7. The molecule has 0 spiro atoms. The fourth-order valence-electron chi connectivity index (χ4n) is 9.31. The van der Waals surface area contributed by atoms with Crippen LogP contribution in [0.15, 0.2) is 158 Å². The first-order chi connectivity index (χ1) is 30.4. The summed E-state index contributed by atoms with van der Waals surface area (Å²) in [7, 11) is 2.18. The molecule has 6 nitrogen and oxygen atoms in total. The third-order valence-corrected chi connectivity index (χ3v) is 12.6. The Labute approximate surface area is 389 Å². The summed E-state index contributed by atoms with van der Waals surface area (Å²) in [6.07, 6.45) is 1.90. The summed E-state index contributed by atoms with van der Waals surface area (Å²) in [5.41, 5.74) is 13.3. The van der Waals surface area contributed by atoms with E-state index in [1.165, 1.54) is 38.5 Å². The van der Waals surface area contributed by atoms with Crippen LogP contribution in [0.4, 0.5) is 22.7 Å². The molecule has 0 radical (unpaired) electrons. The topological polar surface area (TPSA) is 38.5 Å². The summed E-state index contributed by atoms with van der Waals surface area (Å²) in [5, 5.41) is 4.74. The van der Waals surface area contributed by atoms with Crippen molar-refractivity contribution in [1.82, 2.24) is 14.1 Å². The third kappa shape index (κ3) is 6.87. The second kappa shape index (κ2) is 15.6. The molecule has 1 aliphatic rings. The fourth-order valence-corrected chi connectivity index (χ4v) is 9.31. The molecule has 320 valence electrons. The maximum atomic E-state index is 6.66. The number of benzene rings is 7. The zero-order chi connectivity index (χ0) is 43.2. The van der Waals surface area contributed by atoms with Crippen molar-refractivity contribution >= 4 is 66.4 Å². The average molecular weight is 1010 g/mol. The zero-order valence-electron chi connectivity index (χ0n) is 37.0. The van der Waals surface area contributed by atoms with Crippen LogP contribution in [-0.4, -0.2) is 14.1 Å². The van der Waals surface area contributed by atoms with Crippen molar-refractivity contribution < 1.29 is 25.8 Å². The van der Waals surface area contributed by atoms with E-state index in [4.69, 9.17) is 9.72 Å². The number of aryl methyl sites for hydroxylation is 1. The van der Waals surface area contributed by atoms with Gasteiger partial charge in [-0.2, -0.15) is 12.1 Å². The van der Waals surface area contributed by atoms with Gasteiger partial charge in [-0.3, -0.25) is 0 Å². The van der Waals surface area contributed by atoms with E-state index in [0.717, 1.165) is 55.9 Å². The Morgan fingerprint density at radius 2 is 1.17 bits per heavy atom. The van der Waals surface area contributed by atoms with Gasteiger partial charge in [0.2, 0.25) is 0 Å². The zero-order valence-corrected chi connectivity index (χ0v) is 39.3. The molecule has 0 aliphatic carbocycles. The van der Waals surface area contributed by atoms with Gasteiger partial charge in [-0.25, -0.2) is 4.98 Å². The fraction of sp³-hybridized carbons (Fsp3) is 0.158. The van der Waals surface area contributed by atoms with Crippen LogP contribution in [0.5, 0.6) is 11.5 Å². The molecule has 0 saturated heterocycles. The molecular formula is C57H48N5OPt-3.